The van der Waals surface area contributed by atoms with Gasteiger partial charge in [0.1, 0.15) is 0 Å². The zero-order valence-corrected chi connectivity index (χ0v) is 8.74. The van der Waals surface area contributed by atoms with E-state index in [0.717, 1.165) is 13.1 Å². The van der Waals surface area contributed by atoms with E-state index < -0.39 is 0 Å². The van der Waals surface area contributed by atoms with Gasteiger partial charge in [0.05, 0.1) is 6.10 Å². The highest BCUT2D eigenvalue weighted by Gasteiger charge is 2.29. The van der Waals surface area contributed by atoms with E-state index >= 15 is 0 Å². The summed E-state index contributed by atoms with van der Waals surface area (Å²) in [6.45, 7) is 3.39. The van der Waals surface area contributed by atoms with E-state index in [4.69, 9.17) is 5.73 Å². The number of nitrogens with two attached hydrogens (primary N) is 1. The summed E-state index contributed by atoms with van der Waals surface area (Å²) in [5, 5.41) is 9.27. The van der Waals surface area contributed by atoms with Crippen molar-refractivity contribution in [1.82, 2.24) is 4.90 Å². The van der Waals surface area contributed by atoms with E-state index in [1.807, 2.05) is 6.92 Å². The van der Waals surface area contributed by atoms with Crippen LogP contribution in [0.2, 0.25) is 0 Å². The van der Waals surface area contributed by atoms with Crippen molar-refractivity contribution in [3.63, 3.8) is 0 Å². The van der Waals surface area contributed by atoms with Crippen molar-refractivity contribution in [3.05, 3.63) is 0 Å². The van der Waals surface area contributed by atoms with E-state index in [2.05, 4.69) is 11.9 Å². The van der Waals surface area contributed by atoms with Crippen LogP contribution >= 0.6 is 0 Å². The Labute approximate surface area is 80.9 Å². The fraction of sp³-hybridized carbons (Fsp3) is 1.00. The van der Waals surface area contributed by atoms with Crippen LogP contribution in [0.25, 0.3) is 0 Å². The lowest BCUT2D eigenvalue weighted by molar-refractivity contribution is 0.104. The van der Waals surface area contributed by atoms with Crippen molar-refractivity contribution in [2.75, 3.05) is 20.1 Å². The maximum atomic E-state index is 9.27. The predicted molar refractivity (Wildman–Crippen MR) is 54.5 cm³/mol. The quantitative estimate of drug-likeness (QED) is 0.669. The fourth-order valence-corrected chi connectivity index (χ4v) is 2.42. The molecule has 78 valence electrons. The molecule has 0 radical (unpaired) electrons. The zero-order chi connectivity index (χ0) is 9.84. The number of likely N-dealkylation sites (N-methyl/N-ethyl adjacent to an activating group) is 1. The zero-order valence-electron chi connectivity index (χ0n) is 8.74. The molecule has 1 rings (SSSR count). The average Bonchev–Trinajstić information content (AvgIpc) is 2.49. The van der Waals surface area contributed by atoms with Crippen molar-refractivity contribution in [2.45, 2.75) is 38.3 Å². The Morgan fingerprint density at radius 2 is 2.23 bits per heavy atom. The van der Waals surface area contributed by atoms with Gasteiger partial charge in [-0.2, -0.15) is 0 Å². The largest absolute Gasteiger partial charge is 0.392 e. The first-order valence-corrected chi connectivity index (χ1v) is 5.23. The monoisotopic (exact) mass is 186 g/mol. The lowest BCUT2D eigenvalue weighted by atomic mass is 10.0. The summed E-state index contributed by atoms with van der Waals surface area (Å²) in [5.41, 5.74) is 5.70. The molecule has 0 amide bonds. The predicted octanol–water partition coefficient (Wildman–Crippen LogP) is 0.426. The van der Waals surface area contributed by atoms with Gasteiger partial charge in [-0.1, -0.05) is 6.42 Å². The Balaban J connectivity index is 2.40. The SMILES string of the molecule is C[C@@H](O)CN(C)C1CCCC1CN. The maximum Gasteiger partial charge on any atom is 0.0639 e. The molecule has 3 N–H and O–H groups in total. The van der Waals surface area contributed by atoms with E-state index in [1.165, 1.54) is 19.3 Å². The standard InChI is InChI=1S/C10H22N2O/c1-8(13)7-12(2)10-5-3-4-9(10)6-11/h8-10,13H,3-7,11H2,1-2H3/t8-,9?,10?/m1/s1. The second kappa shape index (κ2) is 4.94. The summed E-state index contributed by atoms with van der Waals surface area (Å²) >= 11 is 0. The topological polar surface area (TPSA) is 49.5 Å². The van der Waals surface area contributed by atoms with E-state index in [-0.39, 0.29) is 6.10 Å². The molecule has 3 nitrogen and oxygen atoms in total. The Bertz CT molecular complexity index is 150. The van der Waals surface area contributed by atoms with Gasteiger partial charge in [-0.3, -0.25) is 0 Å². The summed E-state index contributed by atoms with van der Waals surface area (Å²) in [5.74, 6) is 0.642. The third-order valence-electron chi connectivity index (χ3n) is 3.04. The first-order chi connectivity index (χ1) is 6.15. The lowest BCUT2D eigenvalue weighted by Crippen LogP contribution is -2.41. The van der Waals surface area contributed by atoms with Crippen LogP contribution in [0.1, 0.15) is 26.2 Å². The van der Waals surface area contributed by atoms with Gasteiger partial charge in [-0.05, 0) is 39.3 Å². The Morgan fingerprint density at radius 1 is 1.54 bits per heavy atom. The molecule has 0 aromatic rings. The molecule has 3 heteroatoms. The minimum Gasteiger partial charge on any atom is -0.392 e. The Hall–Kier alpha value is -0.120. The number of nitrogens with zero attached hydrogens (tertiary/aromatic N) is 1. The van der Waals surface area contributed by atoms with Gasteiger partial charge in [-0.25, -0.2) is 0 Å². The van der Waals surface area contributed by atoms with Crippen molar-refractivity contribution >= 4 is 0 Å². The molecule has 0 saturated heterocycles. The molecule has 13 heavy (non-hydrogen) atoms. The van der Waals surface area contributed by atoms with Gasteiger partial charge >= 0.3 is 0 Å². The maximum absolute atomic E-state index is 9.27. The van der Waals surface area contributed by atoms with Gasteiger partial charge in [0.25, 0.3) is 0 Å². The molecule has 0 spiro atoms. The minimum absolute atomic E-state index is 0.232. The molecule has 1 saturated carbocycles. The second-order valence-corrected chi connectivity index (χ2v) is 4.28. The van der Waals surface area contributed by atoms with Crippen molar-refractivity contribution in [3.8, 4) is 0 Å². The van der Waals surface area contributed by atoms with Crippen LogP contribution in [0.15, 0.2) is 0 Å². The molecule has 3 atom stereocenters. The Morgan fingerprint density at radius 3 is 2.77 bits per heavy atom. The summed E-state index contributed by atoms with van der Waals surface area (Å²) in [4.78, 5) is 2.26. The molecule has 0 aromatic carbocycles. The highest BCUT2D eigenvalue weighted by molar-refractivity contribution is 4.84. The molecule has 0 heterocycles. The molecular weight excluding hydrogens is 164 g/mol. The molecule has 0 aliphatic heterocycles. The van der Waals surface area contributed by atoms with Gasteiger partial charge in [0, 0.05) is 12.6 Å². The van der Waals surface area contributed by atoms with Crippen LogP contribution in [0.5, 0.6) is 0 Å². The molecule has 1 fully saturated rings. The highest BCUT2D eigenvalue weighted by atomic mass is 16.3. The Kier molecular flexibility index (Phi) is 4.16. The lowest BCUT2D eigenvalue weighted by Gasteiger charge is -2.29. The number of aliphatic hydroxyl groups excluding tert-OH is 1. The average molecular weight is 186 g/mol. The van der Waals surface area contributed by atoms with Gasteiger partial charge in [0.2, 0.25) is 0 Å². The number of aliphatic hydroxyl groups is 1. The van der Waals surface area contributed by atoms with Crippen molar-refractivity contribution < 1.29 is 5.11 Å². The molecule has 1 aliphatic rings. The molecule has 2 unspecified atom stereocenters. The summed E-state index contributed by atoms with van der Waals surface area (Å²) < 4.78 is 0. The van der Waals surface area contributed by atoms with Crippen molar-refractivity contribution in [2.24, 2.45) is 11.7 Å². The van der Waals surface area contributed by atoms with E-state index in [1.54, 1.807) is 0 Å². The molecule has 0 aromatic heterocycles. The minimum atomic E-state index is -0.232. The third-order valence-corrected chi connectivity index (χ3v) is 3.04. The number of hydrogen-bond acceptors (Lipinski definition) is 3. The molecular formula is C10H22N2O. The third kappa shape index (κ3) is 2.93. The van der Waals surface area contributed by atoms with Crippen LogP contribution in [-0.4, -0.2) is 42.3 Å². The summed E-state index contributed by atoms with van der Waals surface area (Å²) in [7, 11) is 2.09. The second-order valence-electron chi connectivity index (χ2n) is 4.28. The van der Waals surface area contributed by atoms with E-state index in [0.29, 0.717) is 12.0 Å². The van der Waals surface area contributed by atoms with Crippen molar-refractivity contribution in [1.29, 1.82) is 0 Å². The van der Waals surface area contributed by atoms with Gasteiger partial charge in [0.15, 0.2) is 0 Å². The van der Waals surface area contributed by atoms with Crippen LogP contribution in [-0.2, 0) is 0 Å². The number of rotatable bonds is 4. The smallest absolute Gasteiger partial charge is 0.0639 e. The van der Waals surface area contributed by atoms with E-state index in [9.17, 15) is 5.11 Å². The number of hydrogen-bond donors (Lipinski definition) is 2. The van der Waals surface area contributed by atoms with Crippen LogP contribution < -0.4 is 5.73 Å². The summed E-state index contributed by atoms with van der Waals surface area (Å²) in [6, 6.07) is 0.597. The van der Waals surface area contributed by atoms with Gasteiger partial charge < -0.3 is 15.7 Å². The first kappa shape index (κ1) is 11.0. The summed E-state index contributed by atoms with van der Waals surface area (Å²) in [6.07, 6.45) is 3.55. The van der Waals surface area contributed by atoms with Crippen LogP contribution in [0.3, 0.4) is 0 Å². The highest BCUT2D eigenvalue weighted by Crippen LogP contribution is 2.28. The fourth-order valence-electron chi connectivity index (χ4n) is 2.42. The van der Waals surface area contributed by atoms with Crippen LogP contribution in [0.4, 0.5) is 0 Å². The molecule has 1 aliphatic carbocycles. The first-order valence-electron chi connectivity index (χ1n) is 5.23. The molecule has 0 bridgehead atoms. The van der Waals surface area contributed by atoms with Crippen LogP contribution in [0, 0.1) is 5.92 Å². The normalized spacial score (nSPS) is 31.2. The van der Waals surface area contributed by atoms with Gasteiger partial charge in [-0.15, -0.1) is 0 Å².